The molecular formula is C16H12ClF3O2. The van der Waals surface area contributed by atoms with Crippen molar-refractivity contribution < 1.29 is 22.6 Å². The Morgan fingerprint density at radius 2 is 1.91 bits per heavy atom. The third-order valence-electron chi connectivity index (χ3n) is 3.37. The van der Waals surface area contributed by atoms with Crippen molar-refractivity contribution >= 4 is 11.6 Å². The van der Waals surface area contributed by atoms with Crippen LogP contribution in [0, 0.1) is 0 Å². The average Bonchev–Trinajstić information content (AvgIpc) is 2.48. The lowest BCUT2D eigenvalue weighted by Gasteiger charge is -2.18. The van der Waals surface area contributed by atoms with E-state index in [1.54, 1.807) is 12.1 Å². The van der Waals surface area contributed by atoms with Gasteiger partial charge in [0.1, 0.15) is 17.2 Å². The second-order valence-electron chi connectivity index (χ2n) is 4.97. The van der Waals surface area contributed by atoms with Crippen molar-refractivity contribution in [3.63, 3.8) is 0 Å². The normalized spacial score (nSPS) is 14.2. The second-order valence-corrected chi connectivity index (χ2v) is 5.37. The van der Waals surface area contributed by atoms with Crippen LogP contribution < -0.4 is 9.47 Å². The first kappa shape index (κ1) is 15.0. The number of hydrogen-bond donors (Lipinski definition) is 0. The molecule has 0 aliphatic carbocycles. The standard InChI is InChI=1S/C16H12ClF3O2/c17-13-8-11(16(18,19)20)4-6-14(13)22-12-5-3-10-2-1-7-21-15(10)9-12/h3-6,8-9H,1-2,7H2. The molecule has 0 radical (unpaired) electrons. The molecule has 0 fully saturated rings. The number of benzene rings is 2. The van der Waals surface area contributed by atoms with Gasteiger partial charge in [0.15, 0.2) is 0 Å². The quantitative estimate of drug-likeness (QED) is 0.727. The fraction of sp³-hybridized carbons (Fsp3) is 0.250. The number of rotatable bonds is 2. The monoisotopic (exact) mass is 328 g/mol. The molecule has 0 amide bonds. The summed E-state index contributed by atoms with van der Waals surface area (Å²) < 4.78 is 48.9. The van der Waals surface area contributed by atoms with Crippen LogP contribution in [0.3, 0.4) is 0 Å². The van der Waals surface area contributed by atoms with Gasteiger partial charge in [0.2, 0.25) is 0 Å². The molecule has 2 nitrogen and oxygen atoms in total. The SMILES string of the molecule is FC(F)(F)c1ccc(Oc2ccc3c(c2)OCCC3)c(Cl)c1. The summed E-state index contributed by atoms with van der Waals surface area (Å²) in [6.07, 6.45) is -2.52. The van der Waals surface area contributed by atoms with Crippen molar-refractivity contribution in [3.8, 4) is 17.2 Å². The molecule has 0 unspecified atom stereocenters. The van der Waals surface area contributed by atoms with Gasteiger partial charge in [-0.25, -0.2) is 0 Å². The van der Waals surface area contributed by atoms with Crippen molar-refractivity contribution in [1.82, 2.24) is 0 Å². The molecule has 116 valence electrons. The third kappa shape index (κ3) is 3.14. The maximum atomic E-state index is 12.6. The molecule has 0 atom stereocenters. The van der Waals surface area contributed by atoms with Crippen LogP contribution in [0.4, 0.5) is 13.2 Å². The zero-order valence-corrected chi connectivity index (χ0v) is 12.2. The van der Waals surface area contributed by atoms with E-state index >= 15 is 0 Å². The van der Waals surface area contributed by atoms with Crippen molar-refractivity contribution in [1.29, 1.82) is 0 Å². The van der Waals surface area contributed by atoms with Gasteiger partial charge in [-0.15, -0.1) is 0 Å². The molecule has 2 aromatic rings. The Hall–Kier alpha value is -1.88. The summed E-state index contributed by atoms with van der Waals surface area (Å²) in [7, 11) is 0. The van der Waals surface area contributed by atoms with E-state index in [1.807, 2.05) is 6.07 Å². The van der Waals surface area contributed by atoms with E-state index in [-0.39, 0.29) is 10.8 Å². The number of fused-ring (bicyclic) bond motifs is 1. The molecule has 0 saturated carbocycles. The summed E-state index contributed by atoms with van der Waals surface area (Å²) in [6, 6.07) is 8.37. The molecule has 0 N–H and O–H groups in total. The predicted molar refractivity (Wildman–Crippen MR) is 76.8 cm³/mol. The highest BCUT2D eigenvalue weighted by atomic mass is 35.5. The van der Waals surface area contributed by atoms with Crippen molar-refractivity contribution in [2.24, 2.45) is 0 Å². The molecule has 1 heterocycles. The number of alkyl halides is 3. The Morgan fingerprint density at radius 1 is 1.09 bits per heavy atom. The van der Waals surface area contributed by atoms with Crippen molar-refractivity contribution in [2.45, 2.75) is 19.0 Å². The van der Waals surface area contributed by atoms with Gasteiger partial charge in [-0.1, -0.05) is 17.7 Å². The van der Waals surface area contributed by atoms with Crippen LogP contribution >= 0.6 is 11.6 Å². The van der Waals surface area contributed by atoms with E-state index in [1.165, 1.54) is 6.07 Å². The summed E-state index contributed by atoms with van der Waals surface area (Å²) in [4.78, 5) is 0. The van der Waals surface area contributed by atoms with Crippen molar-refractivity contribution in [3.05, 3.63) is 52.5 Å². The largest absolute Gasteiger partial charge is 0.493 e. The predicted octanol–water partition coefficient (Wildman–Crippen LogP) is 5.48. The summed E-state index contributed by atoms with van der Waals surface area (Å²) in [5.41, 5.74) is 0.288. The minimum atomic E-state index is -4.43. The van der Waals surface area contributed by atoms with Crippen LogP contribution in [0.1, 0.15) is 17.5 Å². The van der Waals surface area contributed by atoms with Crippen LogP contribution in [-0.4, -0.2) is 6.61 Å². The topological polar surface area (TPSA) is 18.5 Å². The number of aryl methyl sites for hydroxylation is 1. The van der Waals surface area contributed by atoms with Gasteiger partial charge in [-0.05, 0) is 42.7 Å². The van der Waals surface area contributed by atoms with E-state index in [0.717, 1.165) is 36.3 Å². The Kier molecular flexibility index (Phi) is 3.91. The lowest BCUT2D eigenvalue weighted by molar-refractivity contribution is -0.137. The molecule has 0 spiro atoms. The highest BCUT2D eigenvalue weighted by Crippen LogP contribution is 2.37. The molecule has 3 rings (SSSR count). The van der Waals surface area contributed by atoms with Gasteiger partial charge < -0.3 is 9.47 Å². The number of ether oxygens (including phenoxy) is 2. The van der Waals surface area contributed by atoms with Gasteiger partial charge in [0, 0.05) is 6.07 Å². The maximum Gasteiger partial charge on any atom is 0.416 e. The van der Waals surface area contributed by atoms with Crippen LogP contribution in [0.2, 0.25) is 5.02 Å². The smallest absolute Gasteiger partial charge is 0.416 e. The van der Waals surface area contributed by atoms with E-state index in [0.29, 0.717) is 12.4 Å². The second kappa shape index (κ2) is 5.72. The first-order chi connectivity index (χ1) is 10.4. The molecule has 1 aliphatic rings. The van der Waals surface area contributed by atoms with Crippen LogP contribution in [0.15, 0.2) is 36.4 Å². The fourth-order valence-corrected chi connectivity index (χ4v) is 2.49. The Labute approximate surface area is 130 Å². The molecule has 0 saturated heterocycles. The number of halogens is 4. The van der Waals surface area contributed by atoms with E-state index in [4.69, 9.17) is 21.1 Å². The molecule has 2 aromatic carbocycles. The van der Waals surface area contributed by atoms with E-state index in [9.17, 15) is 13.2 Å². The zero-order chi connectivity index (χ0) is 15.7. The Morgan fingerprint density at radius 3 is 2.64 bits per heavy atom. The summed E-state index contributed by atoms with van der Waals surface area (Å²) >= 11 is 5.87. The molecular weight excluding hydrogens is 317 g/mol. The highest BCUT2D eigenvalue weighted by molar-refractivity contribution is 6.32. The van der Waals surface area contributed by atoms with Gasteiger partial charge in [0.05, 0.1) is 17.2 Å². The van der Waals surface area contributed by atoms with E-state index < -0.39 is 11.7 Å². The van der Waals surface area contributed by atoms with E-state index in [2.05, 4.69) is 0 Å². The zero-order valence-electron chi connectivity index (χ0n) is 11.4. The average molecular weight is 329 g/mol. The Balaban J connectivity index is 1.84. The molecule has 6 heteroatoms. The summed E-state index contributed by atoms with van der Waals surface area (Å²) in [6.45, 7) is 0.650. The first-order valence-electron chi connectivity index (χ1n) is 6.74. The molecule has 0 aromatic heterocycles. The summed E-state index contributed by atoms with van der Waals surface area (Å²) in [5, 5.41) is -0.0894. The first-order valence-corrected chi connectivity index (χ1v) is 7.11. The number of hydrogen-bond acceptors (Lipinski definition) is 2. The molecule has 1 aliphatic heterocycles. The van der Waals surface area contributed by atoms with Gasteiger partial charge >= 0.3 is 6.18 Å². The van der Waals surface area contributed by atoms with Crippen LogP contribution in [-0.2, 0) is 12.6 Å². The maximum absolute atomic E-state index is 12.6. The van der Waals surface area contributed by atoms with Crippen LogP contribution in [0.25, 0.3) is 0 Å². The van der Waals surface area contributed by atoms with Gasteiger partial charge in [0.25, 0.3) is 0 Å². The van der Waals surface area contributed by atoms with Crippen LogP contribution in [0.5, 0.6) is 17.2 Å². The third-order valence-corrected chi connectivity index (χ3v) is 3.67. The lowest BCUT2D eigenvalue weighted by atomic mass is 10.1. The van der Waals surface area contributed by atoms with Gasteiger partial charge in [-0.3, -0.25) is 0 Å². The molecule has 0 bridgehead atoms. The summed E-state index contributed by atoms with van der Waals surface area (Å²) in [5.74, 6) is 1.39. The fourth-order valence-electron chi connectivity index (χ4n) is 2.27. The lowest BCUT2D eigenvalue weighted by Crippen LogP contribution is -2.08. The highest BCUT2D eigenvalue weighted by Gasteiger charge is 2.31. The minimum absolute atomic E-state index is 0.0894. The van der Waals surface area contributed by atoms with Gasteiger partial charge in [-0.2, -0.15) is 13.2 Å². The minimum Gasteiger partial charge on any atom is -0.493 e. The molecule has 22 heavy (non-hydrogen) atoms. The van der Waals surface area contributed by atoms with Crippen molar-refractivity contribution in [2.75, 3.05) is 6.61 Å². The Bertz CT molecular complexity index is 698.